The third kappa shape index (κ3) is 6.61. The lowest BCUT2D eigenvalue weighted by Gasteiger charge is -2.32. The van der Waals surface area contributed by atoms with Gasteiger partial charge < -0.3 is 20.3 Å². The van der Waals surface area contributed by atoms with E-state index in [1.807, 2.05) is 0 Å². The Labute approximate surface area is 218 Å². The SMILES string of the molecule is CC(C)CN(C1CC1)[C@H](CNC(=O)c1ccc(Cl)s1)C(=O)Nc1ccc(N2CCOCC2=O)cc1F. The lowest BCUT2D eigenvalue weighted by molar-refractivity contribution is -0.125. The Morgan fingerprint density at radius 2 is 2.06 bits per heavy atom. The molecule has 1 atom stereocenters. The Kier molecular flexibility index (Phi) is 8.61. The third-order valence-electron chi connectivity index (χ3n) is 6.06. The van der Waals surface area contributed by atoms with E-state index in [0.717, 1.165) is 12.8 Å². The van der Waals surface area contributed by atoms with Gasteiger partial charge in [0.05, 0.1) is 21.5 Å². The van der Waals surface area contributed by atoms with E-state index in [-0.39, 0.29) is 36.7 Å². The molecule has 4 rings (SSSR count). The van der Waals surface area contributed by atoms with Crippen LogP contribution in [-0.4, -0.2) is 67.6 Å². The van der Waals surface area contributed by atoms with Crippen LogP contribution in [0.2, 0.25) is 4.34 Å². The number of benzene rings is 1. The summed E-state index contributed by atoms with van der Waals surface area (Å²) >= 11 is 7.12. The molecule has 194 valence electrons. The Morgan fingerprint density at radius 1 is 1.28 bits per heavy atom. The first kappa shape index (κ1) is 26.5. The minimum absolute atomic E-state index is 0.0196. The van der Waals surface area contributed by atoms with Gasteiger partial charge in [0.25, 0.3) is 11.8 Å². The number of nitrogens with one attached hydrogen (secondary N) is 2. The van der Waals surface area contributed by atoms with Gasteiger partial charge in [-0.05, 0) is 49.1 Å². The van der Waals surface area contributed by atoms with Crippen molar-refractivity contribution >= 4 is 52.0 Å². The minimum atomic E-state index is -0.681. The van der Waals surface area contributed by atoms with Crippen LogP contribution in [-0.2, 0) is 14.3 Å². The number of halogens is 2. The van der Waals surface area contributed by atoms with Gasteiger partial charge in [-0.2, -0.15) is 0 Å². The molecule has 2 fully saturated rings. The van der Waals surface area contributed by atoms with Crippen molar-refractivity contribution in [2.24, 2.45) is 5.92 Å². The van der Waals surface area contributed by atoms with Crippen molar-refractivity contribution < 1.29 is 23.5 Å². The van der Waals surface area contributed by atoms with Gasteiger partial charge >= 0.3 is 0 Å². The number of morpholine rings is 1. The summed E-state index contributed by atoms with van der Waals surface area (Å²) in [6, 6.07) is 7.15. The van der Waals surface area contributed by atoms with Crippen molar-refractivity contribution in [1.29, 1.82) is 0 Å². The number of amides is 3. The first-order valence-corrected chi connectivity index (χ1v) is 13.2. The summed E-state index contributed by atoms with van der Waals surface area (Å²) < 4.78 is 20.6. The topological polar surface area (TPSA) is 91.0 Å². The van der Waals surface area contributed by atoms with Crippen molar-refractivity contribution in [1.82, 2.24) is 10.2 Å². The summed E-state index contributed by atoms with van der Waals surface area (Å²) in [4.78, 5) is 42.2. The number of ether oxygens (including phenoxy) is 1. The molecule has 1 aliphatic heterocycles. The standard InChI is InChI=1S/C25H30ClFN4O4S/c1-15(2)13-31(16-3-4-16)20(12-28-25(34)21-7-8-22(26)36-21)24(33)29-19-6-5-17(11-18(19)27)30-9-10-35-14-23(30)32/h5-8,11,15-16,20H,3-4,9-10,12-14H2,1-2H3,(H,28,34)(H,29,33)/t20-/m1/s1. The molecule has 36 heavy (non-hydrogen) atoms. The first-order valence-electron chi connectivity index (χ1n) is 12.0. The fourth-order valence-corrected chi connectivity index (χ4v) is 5.17. The summed E-state index contributed by atoms with van der Waals surface area (Å²) in [5.74, 6) is -1.29. The maximum absolute atomic E-state index is 15.0. The van der Waals surface area contributed by atoms with Crippen LogP contribution in [0.15, 0.2) is 30.3 Å². The summed E-state index contributed by atoms with van der Waals surface area (Å²) in [5.41, 5.74) is 0.433. The van der Waals surface area contributed by atoms with Crippen molar-refractivity contribution in [2.45, 2.75) is 38.8 Å². The number of hydrogen-bond donors (Lipinski definition) is 2. The van der Waals surface area contributed by atoms with Crippen molar-refractivity contribution in [3.8, 4) is 0 Å². The Balaban J connectivity index is 1.50. The molecule has 2 heterocycles. The fraction of sp³-hybridized carbons (Fsp3) is 0.480. The van der Waals surface area contributed by atoms with Crippen LogP contribution in [0.5, 0.6) is 0 Å². The van der Waals surface area contributed by atoms with Gasteiger partial charge in [0.1, 0.15) is 18.5 Å². The van der Waals surface area contributed by atoms with E-state index in [1.165, 1.54) is 28.4 Å². The fourth-order valence-electron chi connectivity index (χ4n) is 4.21. The molecule has 1 aromatic heterocycles. The average molecular weight is 537 g/mol. The van der Waals surface area contributed by atoms with E-state index < -0.39 is 17.8 Å². The number of rotatable bonds is 10. The van der Waals surface area contributed by atoms with Crippen molar-refractivity contribution in [2.75, 3.05) is 43.1 Å². The molecule has 8 nitrogen and oxygen atoms in total. The largest absolute Gasteiger partial charge is 0.370 e. The van der Waals surface area contributed by atoms with Crippen molar-refractivity contribution in [3.63, 3.8) is 0 Å². The first-order chi connectivity index (χ1) is 17.2. The highest BCUT2D eigenvalue weighted by molar-refractivity contribution is 7.18. The summed E-state index contributed by atoms with van der Waals surface area (Å²) in [6.45, 7) is 5.56. The second-order valence-corrected chi connectivity index (χ2v) is 11.1. The molecule has 3 amide bonds. The van der Waals surface area contributed by atoms with E-state index in [0.29, 0.717) is 40.5 Å². The van der Waals surface area contributed by atoms with E-state index in [1.54, 1.807) is 18.2 Å². The van der Waals surface area contributed by atoms with Crippen LogP contribution < -0.4 is 15.5 Å². The number of nitrogens with zero attached hydrogens (tertiary/aromatic N) is 2. The monoisotopic (exact) mass is 536 g/mol. The summed E-state index contributed by atoms with van der Waals surface area (Å²) in [6.07, 6.45) is 1.95. The third-order valence-corrected chi connectivity index (χ3v) is 7.29. The number of hydrogen-bond acceptors (Lipinski definition) is 6. The molecule has 2 aromatic rings. The van der Waals surface area contributed by atoms with Crippen LogP contribution in [0, 0.1) is 11.7 Å². The molecule has 1 saturated heterocycles. The van der Waals surface area contributed by atoms with E-state index >= 15 is 0 Å². The van der Waals surface area contributed by atoms with Gasteiger partial charge in [0.2, 0.25) is 5.91 Å². The highest BCUT2D eigenvalue weighted by atomic mass is 35.5. The zero-order valence-corrected chi connectivity index (χ0v) is 21.8. The van der Waals surface area contributed by atoms with Crippen LogP contribution >= 0.6 is 22.9 Å². The van der Waals surface area contributed by atoms with E-state index in [9.17, 15) is 18.8 Å². The minimum Gasteiger partial charge on any atom is -0.370 e. The normalized spacial score (nSPS) is 16.9. The Hall–Kier alpha value is -2.53. The molecule has 1 aliphatic carbocycles. The van der Waals surface area contributed by atoms with E-state index in [4.69, 9.17) is 16.3 Å². The molecule has 1 aromatic carbocycles. The molecule has 2 aliphatic rings. The number of carbonyl (C=O) groups is 3. The van der Waals surface area contributed by atoms with E-state index in [2.05, 4.69) is 29.4 Å². The lowest BCUT2D eigenvalue weighted by Crippen LogP contribution is -2.52. The number of thiophene rings is 1. The molecule has 1 saturated carbocycles. The van der Waals surface area contributed by atoms with Crippen LogP contribution in [0.4, 0.5) is 15.8 Å². The maximum atomic E-state index is 15.0. The molecule has 11 heteroatoms. The van der Waals surface area contributed by atoms with Gasteiger partial charge in [0, 0.05) is 31.4 Å². The molecule has 0 bridgehead atoms. The Bertz CT molecular complexity index is 1120. The molecular formula is C25H30ClFN4O4S. The maximum Gasteiger partial charge on any atom is 0.261 e. The summed E-state index contributed by atoms with van der Waals surface area (Å²) in [7, 11) is 0. The molecule has 2 N–H and O–H groups in total. The van der Waals surface area contributed by atoms with Crippen LogP contribution in [0.3, 0.4) is 0 Å². The summed E-state index contributed by atoms with van der Waals surface area (Å²) in [5, 5.41) is 5.55. The van der Waals surface area contributed by atoms with Gasteiger partial charge in [-0.1, -0.05) is 25.4 Å². The zero-order chi connectivity index (χ0) is 25.8. The smallest absolute Gasteiger partial charge is 0.261 e. The quantitative estimate of drug-likeness (QED) is 0.482. The van der Waals surface area contributed by atoms with Gasteiger partial charge in [-0.15, -0.1) is 11.3 Å². The average Bonchev–Trinajstić information content (AvgIpc) is 3.59. The zero-order valence-electron chi connectivity index (χ0n) is 20.3. The number of carbonyl (C=O) groups excluding carboxylic acids is 3. The predicted molar refractivity (Wildman–Crippen MR) is 138 cm³/mol. The lowest BCUT2D eigenvalue weighted by atomic mass is 10.1. The highest BCUT2D eigenvalue weighted by Crippen LogP contribution is 2.30. The second-order valence-electron chi connectivity index (χ2n) is 9.40. The van der Waals surface area contributed by atoms with Crippen molar-refractivity contribution in [3.05, 3.63) is 45.4 Å². The molecular weight excluding hydrogens is 507 g/mol. The molecule has 0 spiro atoms. The van der Waals surface area contributed by atoms with Gasteiger partial charge in [-0.25, -0.2) is 4.39 Å². The van der Waals surface area contributed by atoms with Crippen LogP contribution in [0.1, 0.15) is 36.4 Å². The molecule has 0 radical (unpaired) electrons. The van der Waals surface area contributed by atoms with Gasteiger partial charge in [0.15, 0.2) is 0 Å². The highest BCUT2D eigenvalue weighted by Gasteiger charge is 2.38. The molecule has 0 unspecified atom stereocenters. The predicted octanol–water partition coefficient (Wildman–Crippen LogP) is 3.76. The Morgan fingerprint density at radius 3 is 2.67 bits per heavy atom. The second kappa shape index (κ2) is 11.7. The van der Waals surface area contributed by atoms with Crippen LogP contribution in [0.25, 0.3) is 0 Å². The van der Waals surface area contributed by atoms with Gasteiger partial charge in [-0.3, -0.25) is 19.3 Å². The number of anilines is 2.